The summed E-state index contributed by atoms with van der Waals surface area (Å²) in [5, 5.41) is 8.64. The summed E-state index contributed by atoms with van der Waals surface area (Å²) in [5.74, 6) is 2.37. The molecule has 1 aromatic rings. The first kappa shape index (κ1) is 10.6. The zero-order valence-corrected chi connectivity index (χ0v) is 9.30. The minimum Gasteiger partial charge on any atom is -0.481 e. The number of aliphatic carboxylic acids is 1. The molecule has 1 aromatic carbocycles. The molecule has 3 heteroatoms. The van der Waals surface area contributed by atoms with E-state index in [-0.39, 0.29) is 6.42 Å². The second-order valence-electron chi connectivity index (χ2n) is 3.87. The lowest BCUT2D eigenvalue weighted by atomic mass is 9.97. The number of hydrogen-bond acceptors (Lipinski definition) is 2. The van der Waals surface area contributed by atoms with Crippen LogP contribution in [0.1, 0.15) is 23.5 Å². The number of thioether (sulfide) groups is 1. The molecule has 1 atom stereocenters. The first-order valence-corrected chi connectivity index (χ1v) is 6.29. The average Bonchev–Trinajstić information content (AvgIpc) is 2.71. The molecule has 0 radical (unpaired) electrons. The fourth-order valence-corrected chi connectivity index (χ4v) is 3.14. The molecule has 0 bridgehead atoms. The predicted octanol–water partition coefficient (Wildman–Crippen LogP) is 2.53. The van der Waals surface area contributed by atoms with E-state index in [2.05, 4.69) is 12.1 Å². The van der Waals surface area contributed by atoms with Gasteiger partial charge in [0.2, 0.25) is 0 Å². The first-order chi connectivity index (χ1) is 7.25. The summed E-state index contributed by atoms with van der Waals surface area (Å²) >= 11 is 2.00. The molecule has 1 saturated heterocycles. The molecule has 1 aliphatic rings. The van der Waals surface area contributed by atoms with Crippen LogP contribution in [0, 0.1) is 0 Å². The van der Waals surface area contributed by atoms with Crippen LogP contribution in [0.4, 0.5) is 0 Å². The number of carboxylic acids is 1. The van der Waals surface area contributed by atoms with Crippen LogP contribution < -0.4 is 0 Å². The van der Waals surface area contributed by atoms with Crippen molar-refractivity contribution in [2.24, 2.45) is 0 Å². The van der Waals surface area contributed by atoms with E-state index in [0.29, 0.717) is 5.92 Å². The van der Waals surface area contributed by atoms with E-state index < -0.39 is 5.97 Å². The largest absolute Gasteiger partial charge is 0.481 e. The number of rotatable bonds is 3. The summed E-state index contributed by atoms with van der Waals surface area (Å²) in [6.45, 7) is 0. The van der Waals surface area contributed by atoms with Crippen LogP contribution in [0.5, 0.6) is 0 Å². The van der Waals surface area contributed by atoms with Crippen LogP contribution >= 0.6 is 11.8 Å². The number of hydrogen-bond donors (Lipinski definition) is 1. The Morgan fingerprint density at radius 3 is 2.67 bits per heavy atom. The molecule has 0 spiro atoms. The van der Waals surface area contributed by atoms with Crippen molar-refractivity contribution in [2.75, 3.05) is 11.5 Å². The van der Waals surface area contributed by atoms with Crippen LogP contribution in [0.25, 0.3) is 0 Å². The van der Waals surface area contributed by atoms with Gasteiger partial charge < -0.3 is 5.11 Å². The smallest absolute Gasteiger partial charge is 0.307 e. The van der Waals surface area contributed by atoms with Crippen LogP contribution in [0.3, 0.4) is 0 Å². The third kappa shape index (κ3) is 2.75. The maximum absolute atomic E-state index is 10.5. The molecule has 1 heterocycles. The molecule has 0 aliphatic carbocycles. The van der Waals surface area contributed by atoms with Crippen molar-refractivity contribution >= 4 is 17.7 Å². The van der Waals surface area contributed by atoms with Crippen LogP contribution in [-0.2, 0) is 11.2 Å². The molecule has 15 heavy (non-hydrogen) atoms. The van der Waals surface area contributed by atoms with E-state index in [9.17, 15) is 4.79 Å². The molecule has 0 saturated carbocycles. The molecule has 1 aliphatic heterocycles. The van der Waals surface area contributed by atoms with Crippen molar-refractivity contribution in [1.29, 1.82) is 0 Å². The molecule has 1 N–H and O–H groups in total. The average molecular weight is 222 g/mol. The van der Waals surface area contributed by atoms with Crippen molar-refractivity contribution in [1.82, 2.24) is 0 Å². The Bertz CT molecular complexity index is 339. The van der Waals surface area contributed by atoms with E-state index in [1.165, 1.54) is 23.5 Å². The second kappa shape index (κ2) is 4.71. The van der Waals surface area contributed by atoms with Gasteiger partial charge in [-0.3, -0.25) is 4.79 Å². The fourth-order valence-electron chi connectivity index (χ4n) is 1.88. The predicted molar refractivity (Wildman–Crippen MR) is 62.5 cm³/mol. The van der Waals surface area contributed by atoms with Gasteiger partial charge in [-0.05, 0) is 29.2 Å². The van der Waals surface area contributed by atoms with Gasteiger partial charge in [0.05, 0.1) is 6.42 Å². The highest BCUT2D eigenvalue weighted by atomic mass is 32.2. The Labute approximate surface area is 93.7 Å². The van der Waals surface area contributed by atoms with Gasteiger partial charge in [-0.15, -0.1) is 0 Å². The van der Waals surface area contributed by atoms with Gasteiger partial charge in [0, 0.05) is 5.75 Å². The van der Waals surface area contributed by atoms with Gasteiger partial charge in [0.1, 0.15) is 0 Å². The van der Waals surface area contributed by atoms with E-state index in [4.69, 9.17) is 5.11 Å². The summed E-state index contributed by atoms with van der Waals surface area (Å²) in [4.78, 5) is 10.5. The maximum atomic E-state index is 10.5. The van der Waals surface area contributed by atoms with Crippen LogP contribution in [0.2, 0.25) is 0 Å². The Morgan fingerprint density at radius 1 is 1.40 bits per heavy atom. The maximum Gasteiger partial charge on any atom is 0.307 e. The Hall–Kier alpha value is -0.960. The number of carbonyl (C=O) groups is 1. The monoisotopic (exact) mass is 222 g/mol. The summed E-state index contributed by atoms with van der Waals surface area (Å²) in [5.41, 5.74) is 2.24. The molecular weight excluding hydrogens is 208 g/mol. The van der Waals surface area contributed by atoms with E-state index >= 15 is 0 Å². The van der Waals surface area contributed by atoms with Crippen LogP contribution in [-0.4, -0.2) is 22.6 Å². The van der Waals surface area contributed by atoms with Crippen molar-refractivity contribution < 1.29 is 9.90 Å². The van der Waals surface area contributed by atoms with Crippen molar-refractivity contribution in [3.8, 4) is 0 Å². The van der Waals surface area contributed by atoms with Crippen molar-refractivity contribution in [2.45, 2.75) is 18.8 Å². The minimum absolute atomic E-state index is 0.125. The molecule has 80 valence electrons. The van der Waals surface area contributed by atoms with E-state index in [0.717, 1.165) is 5.56 Å². The zero-order valence-electron chi connectivity index (χ0n) is 8.48. The summed E-state index contributed by atoms with van der Waals surface area (Å²) in [6, 6.07) is 8.03. The highest BCUT2D eigenvalue weighted by Crippen LogP contribution is 2.32. The standard InChI is InChI=1S/C12H14O2S/c13-12(14)7-9-1-3-10(4-2-9)11-5-6-15-8-11/h1-4,11H,5-8H2,(H,13,14). The fraction of sp³-hybridized carbons (Fsp3) is 0.417. The molecule has 0 amide bonds. The molecular formula is C12H14O2S. The Balaban J connectivity index is 2.06. The quantitative estimate of drug-likeness (QED) is 0.854. The lowest BCUT2D eigenvalue weighted by molar-refractivity contribution is -0.136. The molecule has 2 rings (SSSR count). The van der Waals surface area contributed by atoms with Crippen LogP contribution in [0.15, 0.2) is 24.3 Å². The van der Waals surface area contributed by atoms with E-state index in [1.54, 1.807) is 0 Å². The summed E-state index contributed by atoms with van der Waals surface area (Å²) in [7, 11) is 0. The number of carboxylic acid groups (broad SMARTS) is 1. The molecule has 1 unspecified atom stereocenters. The third-order valence-electron chi connectivity index (χ3n) is 2.74. The Kier molecular flexibility index (Phi) is 3.31. The highest BCUT2D eigenvalue weighted by Gasteiger charge is 2.17. The van der Waals surface area contributed by atoms with E-state index in [1.807, 2.05) is 23.9 Å². The molecule has 2 nitrogen and oxygen atoms in total. The second-order valence-corrected chi connectivity index (χ2v) is 5.02. The first-order valence-electron chi connectivity index (χ1n) is 5.14. The topological polar surface area (TPSA) is 37.3 Å². The third-order valence-corrected chi connectivity index (χ3v) is 3.90. The zero-order chi connectivity index (χ0) is 10.7. The minimum atomic E-state index is -0.765. The van der Waals surface area contributed by atoms with Crippen molar-refractivity contribution in [3.05, 3.63) is 35.4 Å². The molecule has 1 fully saturated rings. The number of benzene rings is 1. The summed E-state index contributed by atoms with van der Waals surface area (Å²) in [6.07, 6.45) is 1.38. The van der Waals surface area contributed by atoms with Gasteiger partial charge in [-0.1, -0.05) is 24.3 Å². The SMILES string of the molecule is O=C(O)Cc1ccc(C2CCSC2)cc1. The lowest BCUT2D eigenvalue weighted by Crippen LogP contribution is -2.01. The normalized spacial score (nSPS) is 20.4. The highest BCUT2D eigenvalue weighted by molar-refractivity contribution is 7.99. The summed E-state index contributed by atoms with van der Waals surface area (Å²) < 4.78 is 0. The Morgan fingerprint density at radius 2 is 2.13 bits per heavy atom. The van der Waals surface area contributed by atoms with Gasteiger partial charge in [-0.2, -0.15) is 11.8 Å². The lowest BCUT2D eigenvalue weighted by Gasteiger charge is -2.08. The molecule has 0 aromatic heterocycles. The van der Waals surface area contributed by atoms with Gasteiger partial charge in [0.15, 0.2) is 0 Å². The van der Waals surface area contributed by atoms with Gasteiger partial charge in [0.25, 0.3) is 0 Å². The van der Waals surface area contributed by atoms with Crippen molar-refractivity contribution in [3.63, 3.8) is 0 Å². The van der Waals surface area contributed by atoms with Gasteiger partial charge >= 0.3 is 5.97 Å². The van der Waals surface area contributed by atoms with Gasteiger partial charge in [-0.25, -0.2) is 0 Å².